The van der Waals surface area contributed by atoms with Gasteiger partial charge in [0.25, 0.3) is 0 Å². The van der Waals surface area contributed by atoms with Crippen LogP contribution in [0.4, 0.5) is 11.6 Å². The van der Waals surface area contributed by atoms with E-state index in [1.165, 1.54) is 12.4 Å². The van der Waals surface area contributed by atoms with E-state index in [0.717, 1.165) is 12.8 Å². The molecule has 1 rings (SSSR count). The first kappa shape index (κ1) is 13.3. The minimum atomic E-state index is -0.537. The van der Waals surface area contributed by atoms with E-state index in [4.69, 9.17) is 5.11 Å². The molecule has 1 heterocycles. The number of hydrogen-bond acceptors (Lipinski definition) is 6. The van der Waals surface area contributed by atoms with Gasteiger partial charge < -0.3 is 10.4 Å². The summed E-state index contributed by atoms with van der Waals surface area (Å²) < 4.78 is 0. The summed E-state index contributed by atoms with van der Waals surface area (Å²) in [6.45, 7) is 2.84. The summed E-state index contributed by atoms with van der Waals surface area (Å²) in [5.41, 5.74) is -0.127. The molecule has 0 saturated heterocycles. The molecule has 0 aliphatic rings. The summed E-state index contributed by atoms with van der Waals surface area (Å²) in [6, 6.07) is 0. The number of aliphatic hydroxyl groups is 1. The van der Waals surface area contributed by atoms with Crippen molar-refractivity contribution in [1.82, 2.24) is 9.97 Å². The lowest BCUT2D eigenvalue weighted by Crippen LogP contribution is -2.16. The van der Waals surface area contributed by atoms with Crippen molar-refractivity contribution in [2.45, 2.75) is 19.8 Å². The summed E-state index contributed by atoms with van der Waals surface area (Å²) >= 11 is 0. The summed E-state index contributed by atoms with van der Waals surface area (Å²) in [5, 5.41) is 22.2. The number of anilines is 1. The van der Waals surface area contributed by atoms with Crippen LogP contribution in [0.1, 0.15) is 19.8 Å². The molecule has 0 radical (unpaired) electrons. The molecule has 2 N–H and O–H groups in total. The van der Waals surface area contributed by atoms with E-state index in [1.807, 2.05) is 6.92 Å². The van der Waals surface area contributed by atoms with Crippen LogP contribution >= 0.6 is 0 Å². The van der Waals surface area contributed by atoms with E-state index in [0.29, 0.717) is 18.4 Å². The highest BCUT2D eigenvalue weighted by Crippen LogP contribution is 2.11. The van der Waals surface area contributed by atoms with Crippen molar-refractivity contribution in [2.75, 3.05) is 18.5 Å². The molecule has 1 atom stereocenters. The number of nitro groups is 1. The molecule has 0 aliphatic carbocycles. The average molecular weight is 240 g/mol. The van der Waals surface area contributed by atoms with Gasteiger partial charge in [0.1, 0.15) is 12.4 Å². The van der Waals surface area contributed by atoms with E-state index in [9.17, 15) is 10.1 Å². The van der Waals surface area contributed by atoms with E-state index in [-0.39, 0.29) is 12.3 Å². The third kappa shape index (κ3) is 4.31. The highest BCUT2D eigenvalue weighted by Gasteiger charge is 2.08. The Morgan fingerprint density at radius 1 is 1.53 bits per heavy atom. The molecule has 0 fully saturated rings. The van der Waals surface area contributed by atoms with Crippen molar-refractivity contribution >= 4 is 11.6 Å². The standard InChI is InChI=1S/C10H16N4O3/c1-2-8(3-4-15)5-11-10-12-6-9(7-13-10)14(16)17/h6-8,15H,2-5H2,1H3,(H,11,12,13). The predicted octanol–water partition coefficient (Wildman–Crippen LogP) is 1.21. The largest absolute Gasteiger partial charge is 0.396 e. The van der Waals surface area contributed by atoms with Crippen molar-refractivity contribution in [3.05, 3.63) is 22.5 Å². The molecule has 0 bridgehead atoms. The monoisotopic (exact) mass is 240 g/mol. The van der Waals surface area contributed by atoms with E-state index < -0.39 is 4.92 Å². The van der Waals surface area contributed by atoms with Crippen molar-refractivity contribution in [3.8, 4) is 0 Å². The van der Waals surface area contributed by atoms with Gasteiger partial charge in [-0.2, -0.15) is 0 Å². The quantitative estimate of drug-likeness (QED) is 0.548. The van der Waals surface area contributed by atoms with Gasteiger partial charge in [0, 0.05) is 13.2 Å². The van der Waals surface area contributed by atoms with Crippen LogP contribution in [0, 0.1) is 16.0 Å². The number of rotatable bonds is 7. The molecule has 0 saturated carbocycles. The molecule has 7 heteroatoms. The van der Waals surface area contributed by atoms with Crippen LogP contribution in [0.5, 0.6) is 0 Å². The average Bonchev–Trinajstić information content (AvgIpc) is 2.35. The lowest BCUT2D eigenvalue weighted by Gasteiger charge is -2.13. The minimum Gasteiger partial charge on any atom is -0.396 e. The number of aromatic nitrogens is 2. The molecule has 1 aromatic rings. The first-order valence-corrected chi connectivity index (χ1v) is 5.48. The zero-order chi connectivity index (χ0) is 12.7. The van der Waals surface area contributed by atoms with Crippen molar-refractivity contribution < 1.29 is 10.0 Å². The Kier molecular flexibility index (Phi) is 5.28. The molecule has 1 aromatic heterocycles. The van der Waals surface area contributed by atoms with Gasteiger partial charge in [-0.25, -0.2) is 9.97 Å². The van der Waals surface area contributed by atoms with Gasteiger partial charge in [0.2, 0.25) is 5.95 Å². The molecule has 0 spiro atoms. The fraction of sp³-hybridized carbons (Fsp3) is 0.600. The minimum absolute atomic E-state index is 0.127. The van der Waals surface area contributed by atoms with Crippen LogP contribution < -0.4 is 5.32 Å². The van der Waals surface area contributed by atoms with Crippen molar-refractivity contribution in [3.63, 3.8) is 0 Å². The lowest BCUT2D eigenvalue weighted by molar-refractivity contribution is -0.385. The normalized spacial score (nSPS) is 12.1. The Balaban J connectivity index is 2.48. The molecular weight excluding hydrogens is 224 g/mol. The first-order valence-electron chi connectivity index (χ1n) is 5.48. The molecule has 17 heavy (non-hydrogen) atoms. The highest BCUT2D eigenvalue weighted by molar-refractivity contribution is 5.30. The maximum Gasteiger partial charge on any atom is 0.305 e. The Morgan fingerprint density at radius 2 is 2.18 bits per heavy atom. The van der Waals surface area contributed by atoms with Crippen LogP contribution in [-0.4, -0.2) is 33.1 Å². The van der Waals surface area contributed by atoms with Crippen molar-refractivity contribution in [2.24, 2.45) is 5.92 Å². The topological polar surface area (TPSA) is 101 Å². The third-order valence-corrected chi connectivity index (χ3v) is 2.51. The zero-order valence-corrected chi connectivity index (χ0v) is 9.67. The Bertz CT molecular complexity index is 355. The molecule has 1 unspecified atom stereocenters. The van der Waals surface area contributed by atoms with E-state index >= 15 is 0 Å². The van der Waals surface area contributed by atoms with Crippen molar-refractivity contribution in [1.29, 1.82) is 0 Å². The summed E-state index contributed by atoms with van der Waals surface area (Å²) in [7, 11) is 0. The second kappa shape index (κ2) is 6.74. The highest BCUT2D eigenvalue weighted by atomic mass is 16.6. The zero-order valence-electron chi connectivity index (χ0n) is 9.67. The van der Waals surface area contributed by atoms with E-state index in [1.54, 1.807) is 0 Å². The maximum absolute atomic E-state index is 10.4. The van der Waals surface area contributed by atoms with Crippen LogP contribution in [0.3, 0.4) is 0 Å². The van der Waals surface area contributed by atoms with Gasteiger partial charge in [0.05, 0.1) is 4.92 Å². The smallest absolute Gasteiger partial charge is 0.305 e. The SMILES string of the molecule is CCC(CCO)CNc1ncc([N+](=O)[O-])cn1. The molecule has 0 amide bonds. The molecule has 0 aromatic carbocycles. The number of nitrogens with one attached hydrogen (secondary N) is 1. The Labute approximate surface area is 99.1 Å². The van der Waals surface area contributed by atoms with Gasteiger partial charge >= 0.3 is 5.69 Å². The number of aliphatic hydroxyl groups excluding tert-OH is 1. The Morgan fingerprint density at radius 3 is 2.65 bits per heavy atom. The molecule has 0 aliphatic heterocycles. The lowest BCUT2D eigenvalue weighted by atomic mass is 10.0. The van der Waals surface area contributed by atoms with E-state index in [2.05, 4.69) is 15.3 Å². The Hall–Kier alpha value is -1.76. The summed E-state index contributed by atoms with van der Waals surface area (Å²) in [4.78, 5) is 17.5. The predicted molar refractivity (Wildman–Crippen MR) is 62.7 cm³/mol. The van der Waals surface area contributed by atoms with Gasteiger partial charge in [0.15, 0.2) is 0 Å². The fourth-order valence-corrected chi connectivity index (χ4v) is 1.38. The van der Waals surface area contributed by atoms with Gasteiger partial charge in [-0.3, -0.25) is 10.1 Å². The summed E-state index contributed by atoms with van der Waals surface area (Å²) in [5.74, 6) is 0.714. The third-order valence-electron chi connectivity index (χ3n) is 2.51. The molecular formula is C10H16N4O3. The fourth-order valence-electron chi connectivity index (χ4n) is 1.38. The molecule has 94 valence electrons. The summed E-state index contributed by atoms with van der Waals surface area (Å²) in [6.07, 6.45) is 4.00. The number of hydrogen-bond donors (Lipinski definition) is 2. The molecule has 7 nitrogen and oxygen atoms in total. The van der Waals surface area contributed by atoms with Gasteiger partial charge in [-0.05, 0) is 12.3 Å². The van der Waals surface area contributed by atoms with Crippen LogP contribution in [0.15, 0.2) is 12.4 Å². The van der Waals surface area contributed by atoms with Gasteiger partial charge in [-0.1, -0.05) is 13.3 Å². The van der Waals surface area contributed by atoms with Gasteiger partial charge in [-0.15, -0.1) is 0 Å². The van der Waals surface area contributed by atoms with Crippen LogP contribution in [-0.2, 0) is 0 Å². The van der Waals surface area contributed by atoms with Crippen LogP contribution in [0.2, 0.25) is 0 Å². The second-order valence-electron chi connectivity index (χ2n) is 3.69. The first-order chi connectivity index (χ1) is 8.17. The second-order valence-corrected chi connectivity index (χ2v) is 3.69. The maximum atomic E-state index is 10.4. The van der Waals surface area contributed by atoms with Crippen LogP contribution in [0.25, 0.3) is 0 Å². The number of nitrogens with zero attached hydrogens (tertiary/aromatic N) is 3.